The molecule has 0 unspecified atom stereocenters. The molecule has 1 aromatic rings. The predicted octanol–water partition coefficient (Wildman–Crippen LogP) is 0.300. The number of rotatable bonds is 5. The summed E-state index contributed by atoms with van der Waals surface area (Å²) in [4.78, 5) is 34.4. The molecule has 0 heterocycles. The zero-order chi connectivity index (χ0) is 16.5. The summed E-state index contributed by atoms with van der Waals surface area (Å²) in [5.74, 6) is -1.38. The Morgan fingerprint density at radius 3 is 2.41 bits per heavy atom. The first kappa shape index (κ1) is 17.5. The summed E-state index contributed by atoms with van der Waals surface area (Å²) in [5, 5.41) is 2.42. The molecule has 0 aliphatic rings. The fourth-order valence-electron chi connectivity index (χ4n) is 1.73. The number of carbonyl (C=O) groups is 3. The Morgan fingerprint density at radius 1 is 1.09 bits per heavy atom. The SMILES string of the molecule is COc1ccccc1CCC(=O)NNC(=O)C(=O)NC(C)C. The van der Waals surface area contributed by atoms with E-state index in [-0.39, 0.29) is 12.5 Å². The number of para-hydroxylation sites is 1. The summed E-state index contributed by atoms with van der Waals surface area (Å²) in [5.41, 5.74) is 5.17. The number of benzene rings is 1. The molecule has 0 radical (unpaired) electrons. The molecule has 3 amide bonds. The van der Waals surface area contributed by atoms with E-state index < -0.39 is 17.7 Å². The van der Waals surface area contributed by atoms with Crippen LogP contribution in [0.25, 0.3) is 0 Å². The molecular weight excluding hydrogens is 286 g/mol. The number of hydrogen-bond acceptors (Lipinski definition) is 4. The summed E-state index contributed by atoms with van der Waals surface area (Å²) in [6.45, 7) is 3.47. The molecule has 7 nitrogen and oxygen atoms in total. The third kappa shape index (κ3) is 5.82. The molecule has 0 aliphatic heterocycles. The number of nitrogens with one attached hydrogen (secondary N) is 3. The van der Waals surface area contributed by atoms with Gasteiger partial charge in [0.25, 0.3) is 0 Å². The van der Waals surface area contributed by atoms with Crippen LogP contribution in [0.15, 0.2) is 24.3 Å². The van der Waals surface area contributed by atoms with E-state index >= 15 is 0 Å². The van der Waals surface area contributed by atoms with E-state index in [4.69, 9.17) is 4.74 Å². The van der Waals surface area contributed by atoms with Gasteiger partial charge in [-0.15, -0.1) is 0 Å². The van der Waals surface area contributed by atoms with Gasteiger partial charge in [-0.3, -0.25) is 25.2 Å². The van der Waals surface area contributed by atoms with Crippen molar-refractivity contribution >= 4 is 17.7 Å². The second kappa shape index (κ2) is 8.66. The largest absolute Gasteiger partial charge is 0.496 e. The number of aryl methyl sites for hydroxylation is 1. The van der Waals surface area contributed by atoms with E-state index in [0.717, 1.165) is 5.56 Å². The van der Waals surface area contributed by atoms with Gasteiger partial charge in [-0.25, -0.2) is 0 Å². The lowest BCUT2D eigenvalue weighted by molar-refractivity contribution is -0.141. The first-order valence-corrected chi connectivity index (χ1v) is 6.95. The Balaban J connectivity index is 2.38. The number of hydrazine groups is 1. The Kier molecular flexibility index (Phi) is 6.88. The average molecular weight is 307 g/mol. The van der Waals surface area contributed by atoms with E-state index in [9.17, 15) is 14.4 Å². The molecule has 0 atom stereocenters. The quantitative estimate of drug-likeness (QED) is 0.538. The summed E-state index contributed by atoms with van der Waals surface area (Å²) in [6.07, 6.45) is 0.621. The first-order valence-electron chi connectivity index (χ1n) is 6.95. The van der Waals surface area contributed by atoms with Gasteiger partial charge < -0.3 is 10.1 Å². The topological polar surface area (TPSA) is 96.5 Å². The van der Waals surface area contributed by atoms with Gasteiger partial charge in [0, 0.05) is 12.5 Å². The van der Waals surface area contributed by atoms with Crippen molar-refractivity contribution < 1.29 is 19.1 Å². The van der Waals surface area contributed by atoms with Crippen molar-refractivity contribution in [3.63, 3.8) is 0 Å². The van der Waals surface area contributed by atoms with Crippen LogP contribution in [-0.4, -0.2) is 30.9 Å². The number of carbonyl (C=O) groups excluding carboxylic acids is 3. The molecule has 0 bridgehead atoms. The molecule has 0 aromatic heterocycles. The van der Waals surface area contributed by atoms with Crippen LogP contribution in [0.5, 0.6) is 5.75 Å². The molecule has 1 aromatic carbocycles. The molecule has 0 spiro atoms. The van der Waals surface area contributed by atoms with Gasteiger partial charge in [-0.05, 0) is 31.9 Å². The Labute approximate surface area is 129 Å². The van der Waals surface area contributed by atoms with Crippen molar-refractivity contribution in [1.29, 1.82) is 0 Å². The Hall–Kier alpha value is -2.57. The van der Waals surface area contributed by atoms with Gasteiger partial charge in [0.1, 0.15) is 5.75 Å². The molecule has 120 valence electrons. The summed E-state index contributed by atoms with van der Waals surface area (Å²) >= 11 is 0. The van der Waals surface area contributed by atoms with E-state index in [1.807, 2.05) is 24.3 Å². The number of hydrogen-bond donors (Lipinski definition) is 3. The maximum atomic E-state index is 11.7. The lowest BCUT2D eigenvalue weighted by Gasteiger charge is -2.10. The minimum atomic E-state index is -0.903. The highest BCUT2D eigenvalue weighted by atomic mass is 16.5. The summed E-state index contributed by atoms with van der Waals surface area (Å²) in [6, 6.07) is 7.22. The highest BCUT2D eigenvalue weighted by Crippen LogP contribution is 2.18. The normalized spacial score (nSPS) is 10.0. The Morgan fingerprint density at radius 2 is 1.77 bits per heavy atom. The molecule has 3 N–H and O–H groups in total. The second-order valence-corrected chi connectivity index (χ2v) is 4.94. The minimum absolute atomic E-state index is 0.153. The molecule has 0 saturated heterocycles. The third-order valence-corrected chi connectivity index (χ3v) is 2.76. The van der Waals surface area contributed by atoms with Crippen molar-refractivity contribution in [3.8, 4) is 5.75 Å². The number of methoxy groups -OCH3 is 1. The van der Waals surface area contributed by atoms with Crippen molar-refractivity contribution in [3.05, 3.63) is 29.8 Å². The molecule has 1 rings (SSSR count). The fraction of sp³-hybridized carbons (Fsp3) is 0.400. The van der Waals surface area contributed by atoms with Crippen LogP contribution in [-0.2, 0) is 20.8 Å². The monoisotopic (exact) mass is 307 g/mol. The summed E-state index contributed by atoms with van der Waals surface area (Å²) < 4.78 is 5.19. The predicted molar refractivity (Wildman–Crippen MR) is 80.9 cm³/mol. The van der Waals surface area contributed by atoms with Gasteiger partial charge in [-0.1, -0.05) is 18.2 Å². The van der Waals surface area contributed by atoms with E-state index in [1.165, 1.54) is 0 Å². The molecule has 0 fully saturated rings. The van der Waals surface area contributed by atoms with Crippen LogP contribution in [0.3, 0.4) is 0 Å². The smallest absolute Gasteiger partial charge is 0.327 e. The van der Waals surface area contributed by atoms with Crippen LogP contribution in [0.4, 0.5) is 0 Å². The zero-order valence-corrected chi connectivity index (χ0v) is 12.9. The van der Waals surface area contributed by atoms with E-state index in [0.29, 0.717) is 12.2 Å². The molecule has 7 heteroatoms. The van der Waals surface area contributed by atoms with Crippen molar-refractivity contribution in [2.75, 3.05) is 7.11 Å². The highest BCUT2D eigenvalue weighted by molar-refractivity contribution is 6.35. The van der Waals surface area contributed by atoms with Crippen molar-refractivity contribution in [2.45, 2.75) is 32.7 Å². The van der Waals surface area contributed by atoms with Crippen LogP contribution in [0, 0.1) is 0 Å². The van der Waals surface area contributed by atoms with Crippen molar-refractivity contribution in [1.82, 2.24) is 16.2 Å². The molecular formula is C15H21N3O4. The van der Waals surface area contributed by atoms with Gasteiger partial charge in [0.05, 0.1) is 7.11 Å². The Bertz CT molecular complexity index is 543. The second-order valence-electron chi connectivity index (χ2n) is 4.94. The van der Waals surface area contributed by atoms with Crippen LogP contribution >= 0.6 is 0 Å². The molecule has 0 saturated carbocycles. The maximum Gasteiger partial charge on any atom is 0.327 e. The van der Waals surface area contributed by atoms with E-state index in [1.54, 1.807) is 21.0 Å². The van der Waals surface area contributed by atoms with Crippen LogP contribution < -0.4 is 20.9 Å². The van der Waals surface area contributed by atoms with Gasteiger partial charge in [0.2, 0.25) is 5.91 Å². The zero-order valence-electron chi connectivity index (χ0n) is 12.9. The number of amides is 3. The average Bonchev–Trinajstić information content (AvgIpc) is 2.50. The van der Waals surface area contributed by atoms with Crippen LogP contribution in [0.2, 0.25) is 0 Å². The lowest BCUT2D eigenvalue weighted by Crippen LogP contribution is -2.49. The maximum absolute atomic E-state index is 11.7. The van der Waals surface area contributed by atoms with Gasteiger partial charge in [-0.2, -0.15) is 0 Å². The minimum Gasteiger partial charge on any atom is -0.496 e. The highest BCUT2D eigenvalue weighted by Gasteiger charge is 2.15. The standard InChI is InChI=1S/C15H21N3O4/c1-10(2)16-14(20)15(21)18-17-13(19)9-8-11-6-4-5-7-12(11)22-3/h4-7,10H,8-9H2,1-3H3,(H,16,20)(H,17,19)(H,18,21). The molecule has 22 heavy (non-hydrogen) atoms. The van der Waals surface area contributed by atoms with Crippen LogP contribution in [0.1, 0.15) is 25.8 Å². The van der Waals surface area contributed by atoms with Crippen molar-refractivity contribution in [2.24, 2.45) is 0 Å². The van der Waals surface area contributed by atoms with Gasteiger partial charge >= 0.3 is 11.8 Å². The summed E-state index contributed by atoms with van der Waals surface area (Å²) in [7, 11) is 1.56. The third-order valence-electron chi connectivity index (χ3n) is 2.76. The van der Waals surface area contributed by atoms with E-state index in [2.05, 4.69) is 16.2 Å². The first-order chi connectivity index (χ1) is 10.4. The number of ether oxygens (including phenoxy) is 1. The molecule has 0 aliphatic carbocycles. The fourth-order valence-corrected chi connectivity index (χ4v) is 1.73. The lowest BCUT2D eigenvalue weighted by atomic mass is 10.1. The van der Waals surface area contributed by atoms with Gasteiger partial charge in [0.15, 0.2) is 0 Å².